The fourth-order valence-corrected chi connectivity index (χ4v) is 2.78. The molecule has 2 heteroatoms. The molecule has 0 aliphatic heterocycles. The van der Waals surface area contributed by atoms with Crippen LogP contribution in [0.3, 0.4) is 0 Å². The summed E-state index contributed by atoms with van der Waals surface area (Å²) in [6.45, 7) is 5.41. The Morgan fingerprint density at radius 1 is 1.17 bits per heavy atom. The van der Waals surface area contributed by atoms with E-state index in [4.69, 9.17) is 0 Å². The molecule has 0 amide bonds. The van der Waals surface area contributed by atoms with Crippen molar-refractivity contribution in [1.82, 2.24) is 0 Å². The van der Waals surface area contributed by atoms with Crippen LogP contribution in [-0.4, -0.2) is 0 Å². The van der Waals surface area contributed by atoms with Crippen molar-refractivity contribution in [2.45, 2.75) is 39.0 Å². The van der Waals surface area contributed by atoms with Crippen molar-refractivity contribution in [1.29, 1.82) is 0 Å². The van der Waals surface area contributed by atoms with Crippen molar-refractivity contribution in [2.24, 2.45) is 11.8 Å². The summed E-state index contributed by atoms with van der Waals surface area (Å²) in [5.41, 5.74) is 0.909. The molecule has 0 N–H and O–H groups in total. The monoisotopic (exact) mass is 250 g/mol. The van der Waals surface area contributed by atoms with Crippen molar-refractivity contribution >= 4 is 0 Å². The lowest BCUT2D eigenvalue weighted by Crippen LogP contribution is -2.15. The van der Waals surface area contributed by atoms with Gasteiger partial charge in [0.2, 0.25) is 0 Å². The molecule has 0 heterocycles. The summed E-state index contributed by atoms with van der Waals surface area (Å²) in [5.74, 6) is -0.244. The third-order valence-electron chi connectivity index (χ3n) is 4.09. The average Bonchev–Trinajstić information content (AvgIpc) is 2.40. The lowest BCUT2D eigenvalue weighted by Gasteiger charge is -2.26. The minimum absolute atomic E-state index is 0.381. The Hall–Kier alpha value is -1.18. The van der Waals surface area contributed by atoms with Gasteiger partial charge in [-0.15, -0.1) is 6.58 Å². The maximum atomic E-state index is 13.8. The van der Waals surface area contributed by atoms with Crippen molar-refractivity contribution in [3.63, 3.8) is 0 Å². The molecule has 0 saturated heterocycles. The molecule has 0 bridgehead atoms. The van der Waals surface area contributed by atoms with Gasteiger partial charge in [0.15, 0.2) is 11.6 Å². The average molecular weight is 250 g/mol. The largest absolute Gasteiger partial charge is 0.203 e. The van der Waals surface area contributed by atoms with E-state index in [2.05, 4.69) is 6.58 Å². The summed E-state index contributed by atoms with van der Waals surface area (Å²) in [6.07, 6.45) is 7.11. The number of benzene rings is 1. The topological polar surface area (TPSA) is 0 Å². The molecule has 0 atom stereocenters. The highest BCUT2D eigenvalue weighted by Gasteiger charge is 2.21. The SMILES string of the molecule is C=CC1CCC(Cc2ccc(C)c(F)c2F)CC1. The molecule has 1 saturated carbocycles. The number of aryl methyl sites for hydroxylation is 1. The van der Waals surface area contributed by atoms with E-state index in [0.29, 0.717) is 29.4 Å². The van der Waals surface area contributed by atoms with Crippen molar-refractivity contribution in [2.75, 3.05) is 0 Å². The summed E-state index contributed by atoms with van der Waals surface area (Å²) < 4.78 is 27.2. The zero-order chi connectivity index (χ0) is 13.1. The molecule has 1 fully saturated rings. The Morgan fingerprint density at radius 2 is 1.83 bits per heavy atom. The molecule has 18 heavy (non-hydrogen) atoms. The second-order valence-corrected chi connectivity index (χ2v) is 5.39. The molecule has 98 valence electrons. The van der Waals surface area contributed by atoms with E-state index in [9.17, 15) is 8.78 Å². The Kier molecular flexibility index (Phi) is 4.15. The van der Waals surface area contributed by atoms with Crippen LogP contribution in [0.1, 0.15) is 36.8 Å². The first-order valence-electron chi connectivity index (χ1n) is 6.68. The predicted molar refractivity (Wildman–Crippen MR) is 70.4 cm³/mol. The summed E-state index contributed by atoms with van der Waals surface area (Å²) in [4.78, 5) is 0. The van der Waals surface area contributed by atoms with E-state index in [-0.39, 0.29) is 0 Å². The minimum atomic E-state index is -0.688. The molecule has 0 nitrogen and oxygen atoms in total. The number of hydrogen-bond donors (Lipinski definition) is 0. The number of hydrogen-bond acceptors (Lipinski definition) is 0. The van der Waals surface area contributed by atoms with Gasteiger partial charge < -0.3 is 0 Å². The fourth-order valence-electron chi connectivity index (χ4n) is 2.78. The first-order chi connectivity index (χ1) is 8.61. The molecule has 1 aromatic carbocycles. The van der Waals surface area contributed by atoms with Gasteiger partial charge in [0.05, 0.1) is 0 Å². The molecule has 2 rings (SSSR count). The molecule has 1 aliphatic carbocycles. The number of allylic oxidation sites excluding steroid dienone is 1. The maximum absolute atomic E-state index is 13.8. The van der Waals surface area contributed by atoms with Gasteiger partial charge in [0, 0.05) is 0 Å². The molecule has 1 aliphatic rings. The highest BCUT2D eigenvalue weighted by atomic mass is 19.2. The van der Waals surface area contributed by atoms with Crippen LogP contribution in [0.25, 0.3) is 0 Å². The van der Waals surface area contributed by atoms with Gasteiger partial charge in [-0.1, -0.05) is 18.2 Å². The van der Waals surface area contributed by atoms with Gasteiger partial charge in [-0.05, 0) is 62.0 Å². The highest BCUT2D eigenvalue weighted by Crippen LogP contribution is 2.32. The van der Waals surface area contributed by atoms with Crippen LogP contribution in [-0.2, 0) is 6.42 Å². The summed E-state index contributed by atoms with van der Waals surface area (Å²) in [6, 6.07) is 3.40. The normalized spacial score (nSPS) is 23.9. The molecule has 0 spiro atoms. The fraction of sp³-hybridized carbons (Fsp3) is 0.500. The third-order valence-corrected chi connectivity index (χ3v) is 4.09. The van der Waals surface area contributed by atoms with Crippen LogP contribution in [0.4, 0.5) is 8.78 Å². The Balaban J connectivity index is 2.02. The van der Waals surface area contributed by atoms with Gasteiger partial charge in [-0.2, -0.15) is 0 Å². The number of rotatable bonds is 3. The minimum Gasteiger partial charge on any atom is -0.203 e. The van der Waals surface area contributed by atoms with Crippen LogP contribution in [0.2, 0.25) is 0 Å². The number of halogens is 2. The molecule has 0 radical (unpaired) electrons. The van der Waals surface area contributed by atoms with Gasteiger partial charge in [0.25, 0.3) is 0 Å². The molecule has 0 unspecified atom stereocenters. The van der Waals surface area contributed by atoms with E-state index < -0.39 is 11.6 Å². The van der Waals surface area contributed by atoms with Crippen molar-refractivity contribution in [3.05, 3.63) is 47.5 Å². The van der Waals surface area contributed by atoms with Gasteiger partial charge >= 0.3 is 0 Å². The lowest BCUT2D eigenvalue weighted by molar-refractivity contribution is 0.306. The second kappa shape index (κ2) is 5.64. The van der Waals surface area contributed by atoms with Gasteiger partial charge in [-0.25, -0.2) is 8.78 Å². The van der Waals surface area contributed by atoms with Crippen molar-refractivity contribution in [3.8, 4) is 0 Å². The Bertz CT molecular complexity index is 429. The summed E-state index contributed by atoms with van der Waals surface area (Å²) in [7, 11) is 0. The molecular weight excluding hydrogens is 230 g/mol. The van der Waals surface area contributed by atoms with Crippen LogP contribution in [0.5, 0.6) is 0 Å². The van der Waals surface area contributed by atoms with E-state index in [0.717, 1.165) is 25.7 Å². The van der Waals surface area contributed by atoms with Crippen LogP contribution < -0.4 is 0 Å². The van der Waals surface area contributed by atoms with Crippen molar-refractivity contribution < 1.29 is 8.78 Å². The smallest absolute Gasteiger partial charge is 0.162 e. The van der Waals surface area contributed by atoms with Crippen LogP contribution in [0, 0.1) is 30.4 Å². The predicted octanol–water partition coefficient (Wildman–Crippen LogP) is 4.81. The Morgan fingerprint density at radius 3 is 2.44 bits per heavy atom. The Labute approximate surface area is 108 Å². The van der Waals surface area contributed by atoms with E-state index in [1.165, 1.54) is 0 Å². The van der Waals surface area contributed by atoms with Crippen LogP contribution >= 0.6 is 0 Å². The third kappa shape index (κ3) is 2.80. The summed E-state index contributed by atoms with van der Waals surface area (Å²) >= 11 is 0. The van der Waals surface area contributed by atoms with Crippen LogP contribution in [0.15, 0.2) is 24.8 Å². The molecule has 1 aromatic rings. The zero-order valence-corrected chi connectivity index (χ0v) is 10.9. The van der Waals surface area contributed by atoms with E-state index in [1.807, 2.05) is 6.08 Å². The zero-order valence-electron chi connectivity index (χ0n) is 10.9. The maximum Gasteiger partial charge on any atom is 0.162 e. The van der Waals surface area contributed by atoms with Gasteiger partial charge in [-0.3, -0.25) is 0 Å². The highest BCUT2D eigenvalue weighted by molar-refractivity contribution is 5.25. The van der Waals surface area contributed by atoms with E-state index >= 15 is 0 Å². The first-order valence-corrected chi connectivity index (χ1v) is 6.68. The molecular formula is C16H20F2. The van der Waals surface area contributed by atoms with Gasteiger partial charge in [0.1, 0.15) is 0 Å². The second-order valence-electron chi connectivity index (χ2n) is 5.39. The summed E-state index contributed by atoms with van der Waals surface area (Å²) in [5, 5.41) is 0. The molecule has 0 aromatic heterocycles. The van der Waals surface area contributed by atoms with E-state index in [1.54, 1.807) is 19.1 Å². The standard InChI is InChI=1S/C16H20F2/c1-3-12-5-7-13(8-6-12)10-14-9-4-11(2)15(17)16(14)18/h3-4,9,12-13H,1,5-8,10H2,2H3. The quantitative estimate of drug-likeness (QED) is 0.675. The first kappa shape index (κ1) is 13.3. The lowest BCUT2D eigenvalue weighted by atomic mass is 9.79.